The SMILES string of the molecule is Cc1ccn(-c2ccncc2CNC2CC2)n1. The molecule has 1 fully saturated rings. The van der Waals surface area contributed by atoms with Gasteiger partial charge in [0.05, 0.1) is 11.4 Å². The van der Waals surface area contributed by atoms with Gasteiger partial charge in [-0.3, -0.25) is 4.98 Å². The number of pyridine rings is 1. The fraction of sp³-hybridized carbons (Fsp3) is 0.385. The topological polar surface area (TPSA) is 42.7 Å². The lowest BCUT2D eigenvalue weighted by Crippen LogP contribution is -2.17. The first-order chi connectivity index (χ1) is 8.33. The summed E-state index contributed by atoms with van der Waals surface area (Å²) in [6, 6.07) is 4.73. The molecule has 1 N–H and O–H groups in total. The van der Waals surface area contributed by atoms with Crippen molar-refractivity contribution < 1.29 is 0 Å². The second-order valence-corrected chi connectivity index (χ2v) is 4.56. The lowest BCUT2D eigenvalue weighted by Gasteiger charge is -2.09. The van der Waals surface area contributed by atoms with Crippen molar-refractivity contribution in [1.29, 1.82) is 0 Å². The highest BCUT2D eigenvalue weighted by Gasteiger charge is 2.20. The van der Waals surface area contributed by atoms with Crippen LogP contribution < -0.4 is 5.32 Å². The van der Waals surface area contributed by atoms with E-state index in [2.05, 4.69) is 15.4 Å². The standard InChI is InChI=1S/C13H16N4/c1-10-5-7-17(16-10)13-4-6-14-8-11(13)9-15-12-2-3-12/h4-8,12,15H,2-3,9H2,1H3. The summed E-state index contributed by atoms with van der Waals surface area (Å²) in [6.45, 7) is 2.87. The minimum atomic E-state index is 0.711. The molecule has 17 heavy (non-hydrogen) atoms. The summed E-state index contributed by atoms with van der Waals surface area (Å²) in [5.41, 5.74) is 3.34. The molecule has 4 nitrogen and oxygen atoms in total. The molecule has 4 heteroatoms. The summed E-state index contributed by atoms with van der Waals surface area (Å²) in [6.07, 6.45) is 8.33. The number of hydrogen-bond donors (Lipinski definition) is 1. The van der Waals surface area contributed by atoms with Crippen molar-refractivity contribution in [2.75, 3.05) is 0 Å². The zero-order chi connectivity index (χ0) is 11.7. The highest BCUT2D eigenvalue weighted by atomic mass is 15.3. The molecule has 88 valence electrons. The van der Waals surface area contributed by atoms with Gasteiger partial charge in [-0.05, 0) is 31.9 Å². The van der Waals surface area contributed by atoms with Gasteiger partial charge in [0.2, 0.25) is 0 Å². The minimum Gasteiger partial charge on any atom is -0.310 e. The van der Waals surface area contributed by atoms with Gasteiger partial charge in [-0.25, -0.2) is 4.68 Å². The quantitative estimate of drug-likeness (QED) is 0.868. The molecule has 0 radical (unpaired) electrons. The van der Waals surface area contributed by atoms with Crippen LogP contribution in [-0.4, -0.2) is 20.8 Å². The van der Waals surface area contributed by atoms with Crippen molar-refractivity contribution in [3.63, 3.8) is 0 Å². The first-order valence-corrected chi connectivity index (χ1v) is 6.02. The molecular formula is C13H16N4. The van der Waals surface area contributed by atoms with Crippen molar-refractivity contribution in [3.8, 4) is 5.69 Å². The van der Waals surface area contributed by atoms with Gasteiger partial charge in [0.15, 0.2) is 0 Å². The smallest absolute Gasteiger partial charge is 0.0721 e. The van der Waals surface area contributed by atoms with Crippen LogP contribution in [0.5, 0.6) is 0 Å². The molecule has 1 saturated carbocycles. The lowest BCUT2D eigenvalue weighted by molar-refractivity contribution is 0.678. The summed E-state index contributed by atoms with van der Waals surface area (Å²) >= 11 is 0. The Bertz CT molecular complexity index is 514. The molecule has 0 saturated heterocycles. The predicted octanol–water partition coefficient (Wildman–Crippen LogP) is 1.83. The van der Waals surface area contributed by atoms with E-state index in [0.717, 1.165) is 17.9 Å². The number of nitrogens with one attached hydrogen (secondary N) is 1. The van der Waals surface area contributed by atoms with Crippen LogP contribution in [0.2, 0.25) is 0 Å². The van der Waals surface area contributed by atoms with Crippen LogP contribution in [0.15, 0.2) is 30.7 Å². The normalized spacial score (nSPS) is 15.1. The molecule has 2 aromatic rings. The fourth-order valence-electron chi connectivity index (χ4n) is 1.87. The van der Waals surface area contributed by atoms with Crippen LogP contribution in [0.1, 0.15) is 24.1 Å². The minimum absolute atomic E-state index is 0.711. The van der Waals surface area contributed by atoms with Gasteiger partial charge in [-0.15, -0.1) is 0 Å². The first kappa shape index (κ1) is 10.5. The summed E-state index contributed by atoms with van der Waals surface area (Å²) in [5.74, 6) is 0. The summed E-state index contributed by atoms with van der Waals surface area (Å²) in [4.78, 5) is 4.19. The third-order valence-corrected chi connectivity index (χ3v) is 3.01. The number of aryl methyl sites for hydroxylation is 1. The van der Waals surface area contributed by atoms with Crippen molar-refractivity contribution in [1.82, 2.24) is 20.1 Å². The van der Waals surface area contributed by atoms with E-state index < -0.39 is 0 Å². The maximum absolute atomic E-state index is 4.45. The second kappa shape index (κ2) is 4.30. The highest BCUT2D eigenvalue weighted by Crippen LogP contribution is 2.20. The largest absolute Gasteiger partial charge is 0.310 e. The molecule has 1 aliphatic rings. The summed E-state index contributed by atoms with van der Waals surface area (Å²) in [5, 5.41) is 7.95. The molecule has 2 heterocycles. The third kappa shape index (κ3) is 2.36. The van der Waals surface area contributed by atoms with Gasteiger partial charge < -0.3 is 5.32 Å². The van der Waals surface area contributed by atoms with Crippen molar-refractivity contribution >= 4 is 0 Å². The Morgan fingerprint density at radius 1 is 1.41 bits per heavy atom. The summed E-state index contributed by atoms with van der Waals surface area (Å²) in [7, 11) is 0. The molecule has 0 amide bonds. The highest BCUT2D eigenvalue weighted by molar-refractivity contribution is 5.38. The Balaban J connectivity index is 1.86. The van der Waals surface area contributed by atoms with E-state index in [1.54, 1.807) is 0 Å². The molecule has 0 aliphatic heterocycles. The number of aromatic nitrogens is 3. The van der Waals surface area contributed by atoms with Crippen LogP contribution in [0.3, 0.4) is 0 Å². The van der Waals surface area contributed by atoms with E-state index in [9.17, 15) is 0 Å². The third-order valence-electron chi connectivity index (χ3n) is 3.01. The van der Waals surface area contributed by atoms with Gasteiger partial charge in [-0.2, -0.15) is 5.10 Å². The Labute approximate surface area is 101 Å². The van der Waals surface area contributed by atoms with Gasteiger partial charge in [-0.1, -0.05) is 0 Å². The summed E-state index contributed by atoms with van der Waals surface area (Å²) < 4.78 is 1.92. The zero-order valence-electron chi connectivity index (χ0n) is 9.93. The number of rotatable bonds is 4. The molecule has 1 aliphatic carbocycles. The van der Waals surface area contributed by atoms with Gasteiger partial charge in [0.25, 0.3) is 0 Å². The maximum Gasteiger partial charge on any atom is 0.0721 e. The van der Waals surface area contributed by atoms with Gasteiger partial charge in [0.1, 0.15) is 0 Å². The van der Waals surface area contributed by atoms with Crippen LogP contribution in [0.4, 0.5) is 0 Å². The Morgan fingerprint density at radius 2 is 2.29 bits per heavy atom. The Hall–Kier alpha value is -1.68. The van der Waals surface area contributed by atoms with Crippen molar-refractivity contribution in [2.24, 2.45) is 0 Å². The average Bonchev–Trinajstić information content (AvgIpc) is 3.08. The van der Waals surface area contributed by atoms with Gasteiger partial charge in [0, 0.05) is 36.7 Å². The predicted molar refractivity (Wildman–Crippen MR) is 66.0 cm³/mol. The molecule has 2 aromatic heterocycles. The molecule has 0 unspecified atom stereocenters. The molecular weight excluding hydrogens is 212 g/mol. The number of hydrogen-bond acceptors (Lipinski definition) is 3. The molecule has 0 aromatic carbocycles. The second-order valence-electron chi connectivity index (χ2n) is 4.56. The van der Waals surface area contributed by atoms with Gasteiger partial charge >= 0.3 is 0 Å². The molecule has 0 spiro atoms. The average molecular weight is 228 g/mol. The Kier molecular flexibility index (Phi) is 2.65. The van der Waals surface area contributed by atoms with Crippen LogP contribution >= 0.6 is 0 Å². The van der Waals surface area contributed by atoms with Crippen molar-refractivity contribution in [2.45, 2.75) is 32.4 Å². The van der Waals surface area contributed by atoms with E-state index in [4.69, 9.17) is 0 Å². The van der Waals surface area contributed by atoms with Crippen molar-refractivity contribution in [3.05, 3.63) is 42.0 Å². The Morgan fingerprint density at radius 3 is 3.00 bits per heavy atom. The fourth-order valence-corrected chi connectivity index (χ4v) is 1.87. The van der Waals surface area contributed by atoms with E-state index >= 15 is 0 Å². The van der Waals surface area contributed by atoms with E-state index in [1.807, 2.05) is 42.3 Å². The monoisotopic (exact) mass is 228 g/mol. The molecule has 0 atom stereocenters. The molecule has 3 rings (SSSR count). The van der Waals surface area contributed by atoms with Crippen LogP contribution in [-0.2, 0) is 6.54 Å². The number of nitrogens with zero attached hydrogens (tertiary/aromatic N) is 3. The maximum atomic E-state index is 4.45. The van der Waals surface area contributed by atoms with Crippen LogP contribution in [0, 0.1) is 6.92 Å². The lowest BCUT2D eigenvalue weighted by atomic mass is 10.2. The van der Waals surface area contributed by atoms with Crippen LogP contribution in [0.25, 0.3) is 5.69 Å². The van der Waals surface area contributed by atoms with E-state index in [1.165, 1.54) is 18.4 Å². The van der Waals surface area contributed by atoms with E-state index in [-0.39, 0.29) is 0 Å². The first-order valence-electron chi connectivity index (χ1n) is 6.02. The van der Waals surface area contributed by atoms with E-state index in [0.29, 0.717) is 6.04 Å². The molecule has 0 bridgehead atoms. The zero-order valence-corrected chi connectivity index (χ0v) is 9.93.